The first-order chi connectivity index (χ1) is 7.45. The van der Waals surface area contributed by atoms with E-state index in [-0.39, 0.29) is 0 Å². The number of pyridine rings is 1. The molecule has 2 heteroatoms. The fraction of sp³-hybridized carbons (Fsp3) is 0. The molecule has 15 heavy (non-hydrogen) atoms. The minimum atomic E-state index is 1.15. The monoisotopic (exact) mass is 210 g/mol. The zero-order valence-corrected chi connectivity index (χ0v) is 8.79. The standard InChI is InChI=1S/C13H8NS/c1-4-11(10-3-2-7-14-9-10)12-6-8-15-13(12)5-1/h1-5,7-9H. The van der Waals surface area contributed by atoms with Gasteiger partial charge in [0.25, 0.3) is 0 Å². The van der Waals surface area contributed by atoms with Crippen molar-refractivity contribution in [1.82, 2.24) is 4.98 Å². The third kappa shape index (κ3) is 1.43. The van der Waals surface area contributed by atoms with Crippen molar-refractivity contribution in [3.05, 3.63) is 54.2 Å². The molecular weight excluding hydrogens is 202 g/mol. The fourth-order valence-electron chi connectivity index (χ4n) is 1.69. The molecule has 71 valence electrons. The van der Waals surface area contributed by atoms with Gasteiger partial charge in [0.2, 0.25) is 0 Å². The lowest BCUT2D eigenvalue weighted by Gasteiger charge is -2.01. The fourth-order valence-corrected chi connectivity index (χ4v) is 2.44. The Labute approximate surface area is 92.0 Å². The third-order valence-electron chi connectivity index (χ3n) is 2.39. The Morgan fingerprint density at radius 2 is 2.13 bits per heavy atom. The van der Waals surface area contributed by atoms with Crippen LogP contribution in [0.15, 0.2) is 48.1 Å². The van der Waals surface area contributed by atoms with E-state index in [2.05, 4.69) is 35.3 Å². The number of fused-ring (bicyclic) bond motifs is 1. The number of benzene rings is 1. The maximum atomic E-state index is 4.14. The molecule has 0 unspecified atom stereocenters. The van der Waals surface area contributed by atoms with Crippen molar-refractivity contribution >= 4 is 21.4 Å². The molecule has 3 aromatic rings. The molecule has 3 rings (SSSR count). The summed E-state index contributed by atoms with van der Waals surface area (Å²) >= 11 is 1.72. The van der Waals surface area contributed by atoms with Gasteiger partial charge in [-0.05, 0) is 23.1 Å². The van der Waals surface area contributed by atoms with E-state index < -0.39 is 0 Å². The van der Waals surface area contributed by atoms with Crippen LogP contribution in [0.1, 0.15) is 0 Å². The Kier molecular flexibility index (Phi) is 2.00. The number of rotatable bonds is 1. The quantitative estimate of drug-likeness (QED) is 0.596. The van der Waals surface area contributed by atoms with Crippen molar-refractivity contribution in [2.45, 2.75) is 0 Å². The molecule has 0 spiro atoms. The van der Waals surface area contributed by atoms with Gasteiger partial charge in [0.1, 0.15) is 0 Å². The van der Waals surface area contributed by atoms with Crippen molar-refractivity contribution in [1.29, 1.82) is 0 Å². The van der Waals surface area contributed by atoms with Crippen LogP contribution in [0.2, 0.25) is 0 Å². The molecule has 1 radical (unpaired) electrons. The van der Waals surface area contributed by atoms with E-state index in [1.807, 2.05) is 17.6 Å². The summed E-state index contributed by atoms with van der Waals surface area (Å²) in [7, 11) is 0. The topological polar surface area (TPSA) is 12.9 Å². The average molecular weight is 210 g/mol. The van der Waals surface area contributed by atoms with Crippen LogP contribution in [-0.2, 0) is 0 Å². The highest BCUT2D eigenvalue weighted by molar-refractivity contribution is 7.17. The number of aromatic nitrogens is 1. The Morgan fingerprint density at radius 1 is 1.13 bits per heavy atom. The molecule has 2 aromatic heterocycles. The molecule has 0 atom stereocenters. The molecule has 0 saturated carbocycles. The van der Waals surface area contributed by atoms with Gasteiger partial charge >= 0.3 is 0 Å². The summed E-state index contributed by atoms with van der Waals surface area (Å²) in [6, 6.07) is 13.6. The van der Waals surface area contributed by atoms with E-state index >= 15 is 0 Å². The van der Waals surface area contributed by atoms with E-state index in [0.717, 1.165) is 5.56 Å². The normalized spacial score (nSPS) is 10.7. The second kappa shape index (κ2) is 3.48. The molecular formula is C13H8NS. The summed E-state index contributed by atoms with van der Waals surface area (Å²) in [4.78, 5) is 4.14. The summed E-state index contributed by atoms with van der Waals surface area (Å²) in [5.74, 6) is 0. The van der Waals surface area contributed by atoms with Crippen LogP contribution in [0.3, 0.4) is 0 Å². The number of thiophene rings is 1. The molecule has 0 saturated heterocycles. The van der Waals surface area contributed by atoms with E-state index in [9.17, 15) is 0 Å². The largest absolute Gasteiger partial charge is 0.264 e. The average Bonchev–Trinajstić information content (AvgIpc) is 2.78. The molecule has 0 N–H and O–H groups in total. The molecule has 1 aromatic carbocycles. The van der Waals surface area contributed by atoms with Crippen molar-refractivity contribution < 1.29 is 0 Å². The highest BCUT2D eigenvalue weighted by Crippen LogP contribution is 2.30. The smallest absolute Gasteiger partial charge is 0.0355 e. The lowest BCUT2D eigenvalue weighted by molar-refractivity contribution is 1.33. The molecule has 0 aliphatic heterocycles. The molecule has 0 fully saturated rings. The zero-order valence-electron chi connectivity index (χ0n) is 7.97. The molecule has 0 aliphatic rings. The van der Waals surface area contributed by atoms with Crippen LogP contribution in [0, 0.1) is 6.07 Å². The van der Waals surface area contributed by atoms with Gasteiger partial charge in [0, 0.05) is 34.1 Å². The van der Waals surface area contributed by atoms with Crippen LogP contribution in [0.5, 0.6) is 0 Å². The van der Waals surface area contributed by atoms with Gasteiger partial charge in [-0.15, -0.1) is 11.3 Å². The Hall–Kier alpha value is -1.67. The maximum Gasteiger partial charge on any atom is 0.0355 e. The highest BCUT2D eigenvalue weighted by atomic mass is 32.1. The second-order valence-corrected chi connectivity index (χ2v) is 4.21. The minimum absolute atomic E-state index is 1.15. The van der Waals surface area contributed by atoms with Crippen molar-refractivity contribution in [2.75, 3.05) is 0 Å². The van der Waals surface area contributed by atoms with Gasteiger partial charge in [-0.25, -0.2) is 0 Å². The predicted molar refractivity (Wildman–Crippen MR) is 63.9 cm³/mol. The van der Waals surface area contributed by atoms with Gasteiger partial charge in [0.15, 0.2) is 0 Å². The van der Waals surface area contributed by atoms with Crippen LogP contribution < -0.4 is 0 Å². The van der Waals surface area contributed by atoms with E-state index in [4.69, 9.17) is 0 Å². The highest BCUT2D eigenvalue weighted by Gasteiger charge is 2.03. The van der Waals surface area contributed by atoms with Gasteiger partial charge in [0.05, 0.1) is 0 Å². The van der Waals surface area contributed by atoms with Crippen molar-refractivity contribution in [3.63, 3.8) is 0 Å². The number of hydrogen-bond acceptors (Lipinski definition) is 2. The van der Waals surface area contributed by atoms with E-state index in [0.29, 0.717) is 0 Å². The van der Waals surface area contributed by atoms with Crippen molar-refractivity contribution in [3.8, 4) is 11.1 Å². The molecule has 0 aliphatic carbocycles. The molecule has 0 bridgehead atoms. The summed E-state index contributed by atoms with van der Waals surface area (Å²) in [6.45, 7) is 0. The molecule has 1 nitrogen and oxygen atoms in total. The van der Waals surface area contributed by atoms with Crippen LogP contribution in [0.25, 0.3) is 21.2 Å². The summed E-state index contributed by atoms with van der Waals surface area (Å²) in [6.07, 6.45) is 3.68. The second-order valence-electron chi connectivity index (χ2n) is 3.30. The zero-order chi connectivity index (χ0) is 10.1. The minimum Gasteiger partial charge on any atom is -0.264 e. The third-order valence-corrected chi connectivity index (χ3v) is 3.22. The Bertz CT molecular complexity index is 584. The van der Waals surface area contributed by atoms with Crippen LogP contribution >= 0.6 is 11.3 Å². The lowest BCUT2D eigenvalue weighted by Crippen LogP contribution is -1.79. The summed E-state index contributed by atoms with van der Waals surface area (Å²) in [5.41, 5.74) is 2.36. The van der Waals surface area contributed by atoms with Crippen LogP contribution in [-0.4, -0.2) is 4.98 Å². The predicted octanol–water partition coefficient (Wildman–Crippen LogP) is 3.76. The maximum absolute atomic E-state index is 4.14. The Balaban J connectivity index is 2.31. The summed E-state index contributed by atoms with van der Waals surface area (Å²) < 4.78 is 1.27. The van der Waals surface area contributed by atoms with Gasteiger partial charge < -0.3 is 0 Å². The Morgan fingerprint density at radius 3 is 3.00 bits per heavy atom. The number of hydrogen-bond donors (Lipinski definition) is 0. The molecule has 0 amide bonds. The first kappa shape index (κ1) is 8.62. The van der Waals surface area contributed by atoms with Gasteiger partial charge in [-0.2, -0.15) is 0 Å². The van der Waals surface area contributed by atoms with Gasteiger partial charge in [-0.3, -0.25) is 4.98 Å². The SMILES string of the molecule is [c]1csc2cccc(-c3cccnc3)c12. The molecule has 2 heterocycles. The number of nitrogens with zero attached hydrogens (tertiary/aromatic N) is 1. The first-order valence-electron chi connectivity index (χ1n) is 4.73. The van der Waals surface area contributed by atoms with Gasteiger partial charge in [-0.1, -0.05) is 18.2 Å². The first-order valence-corrected chi connectivity index (χ1v) is 5.61. The van der Waals surface area contributed by atoms with E-state index in [1.54, 1.807) is 17.5 Å². The van der Waals surface area contributed by atoms with Crippen molar-refractivity contribution in [2.24, 2.45) is 0 Å². The summed E-state index contributed by atoms with van der Waals surface area (Å²) in [5, 5.41) is 3.19. The lowest BCUT2D eigenvalue weighted by atomic mass is 10.0. The van der Waals surface area contributed by atoms with Crippen LogP contribution in [0.4, 0.5) is 0 Å². The van der Waals surface area contributed by atoms with E-state index in [1.165, 1.54) is 15.6 Å².